The summed E-state index contributed by atoms with van der Waals surface area (Å²) in [6.45, 7) is 4.60. The Bertz CT molecular complexity index is 718. The summed E-state index contributed by atoms with van der Waals surface area (Å²) in [5, 5.41) is 2.83. The van der Waals surface area contributed by atoms with Crippen molar-refractivity contribution in [2.45, 2.75) is 39.2 Å². The van der Waals surface area contributed by atoms with Crippen LogP contribution in [0.15, 0.2) is 42.5 Å². The number of benzene rings is 1. The summed E-state index contributed by atoms with van der Waals surface area (Å²) in [7, 11) is 0. The highest BCUT2D eigenvalue weighted by Gasteiger charge is 2.51. The van der Waals surface area contributed by atoms with Crippen molar-refractivity contribution in [2.75, 3.05) is 13.2 Å². The zero-order valence-corrected chi connectivity index (χ0v) is 16.5. The average molecular weight is 384 g/mol. The number of para-hydroxylation sites is 1. The number of nitrogens with one attached hydrogen (secondary N) is 1. The highest BCUT2D eigenvalue weighted by molar-refractivity contribution is 6.08. The molecule has 0 aromatic heterocycles. The molecular formula is C22H28N2O4. The first-order chi connectivity index (χ1) is 13.5. The summed E-state index contributed by atoms with van der Waals surface area (Å²) >= 11 is 0. The summed E-state index contributed by atoms with van der Waals surface area (Å²) in [6.07, 6.45) is 5.51. The topological polar surface area (TPSA) is 75.7 Å². The SMILES string of the molecule is CC(C)CC(C(=O)NCCOc1ccccc1)N1C(=O)C2CC=CCC2C1=O. The molecule has 150 valence electrons. The minimum absolute atomic E-state index is 0.178. The van der Waals surface area contributed by atoms with Gasteiger partial charge in [0.2, 0.25) is 17.7 Å². The molecule has 1 aromatic rings. The molecule has 3 unspecified atom stereocenters. The Labute approximate surface area is 165 Å². The van der Waals surface area contributed by atoms with E-state index in [9.17, 15) is 14.4 Å². The molecule has 2 aliphatic rings. The van der Waals surface area contributed by atoms with Gasteiger partial charge in [-0.3, -0.25) is 19.3 Å². The van der Waals surface area contributed by atoms with Crippen LogP contribution >= 0.6 is 0 Å². The van der Waals surface area contributed by atoms with Crippen LogP contribution < -0.4 is 10.1 Å². The molecule has 0 bridgehead atoms. The van der Waals surface area contributed by atoms with Gasteiger partial charge in [0.25, 0.3) is 0 Å². The lowest BCUT2D eigenvalue weighted by Gasteiger charge is -2.27. The van der Waals surface area contributed by atoms with Gasteiger partial charge in [-0.15, -0.1) is 0 Å². The van der Waals surface area contributed by atoms with Crippen LogP contribution in [0.1, 0.15) is 33.1 Å². The first-order valence-electron chi connectivity index (χ1n) is 9.96. The Morgan fingerprint density at radius 2 is 1.71 bits per heavy atom. The first kappa shape index (κ1) is 20.1. The lowest BCUT2D eigenvalue weighted by atomic mass is 9.85. The quantitative estimate of drug-likeness (QED) is 0.425. The van der Waals surface area contributed by atoms with Crippen molar-refractivity contribution in [1.29, 1.82) is 0 Å². The molecule has 0 saturated carbocycles. The standard InChI is InChI=1S/C22H28N2O4/c1-15(2)14-19(20(25)23-12-13-28-16-8-4-3-5-9-16)24-21(26)17-10-6-7-11-18(17)22(24)27/h3-9,15,17-19H,10-14H2,1-2H3,(H,23,25). The van der Waals surface area contributed by atoms with Crippen LogP contribution in [0.3, 0.4) is 0 Å². The zero-order valence-electron chi connectivity index (χ0n) is 16.5. The lowest BCUT2D eigenvalue weighted by molar-refractivity contribution is -0.148. The van der Waals surface area contributed by atoms with Gasteiger partial charge in [-0.2, -0.15) is 0 Å². The number of allylic oxidation sites excluding steroid dienone is 2. The number of fused-ring (bicyclic) bond motifs is 1. The average Bonchev–Trinajstić information content (AvgIpc) is 2.95. The third-order valence-electron chi connectivity index (χ3n) is 5.26. The number of amides is 3. The van der Waals surface area contributed by atoms with Crippen molar-refractivity contribution in [1.82, 2.24) is 10.2 Å². The molecule has 1 fully saturated rings. The Morgan fingerprint density at radius 1 is 1.11 bits per heavy atom. The molecule has 0 radical (unpaired) electrons. The molecule has 1 saturated heterocycles. The molecule has 1 aliphatic carbocycles. The predicted octanol–water partition coefficient (Wildman–Crippen LogP) is 2.55. The molecule has 0 spiro atoms. The van der Waals surface area contributed by atoms with E-state index in [4.69, 9.17) is 4.74 Å². The Balaban J connectivity index is 1.62. The summed E-state index contributed by atoms with van der Waals surface area (Å²) < 4.78 is 5.59. The molecule has 3 amide bonds. The number of likely N-dealkylation sites (tertiary alicyclic amines) is 1. The van der Waals surface area contributed by atoms with Crippen LogP contribution in [0.4, 0.5) is 0 Å². The molecule has 3 atom stereocenters. The monoisotopic (exact) mass is 384 g/mol. The Morgan fingerprint density at radius 3 is 2.29 bits per heavy atom. The Hall–Kier alpha value is -2.63. The Kier molecular flexibility index (Phi) is 6.49. The molecule has 1 aromatic carbocycles. The van der Waals surface area contributed by atoms with E-state index >= 15 is 0 Å². The van der Waals surface area contributed by atoms with Gasteiger partial charge >= 0.3 is 0 Å². The van der Waals surface area contributed by atoms with Crippen LogP contribution in [0.25, 0.3) is 0 Å². The van der Waals surface area contributed by atoms with Gasteiger partial charge in [0.05, 0.1) is 18.4 Å². The van der Waals surface area contributed by atoms with Crippen LogP contribution in [0.5, 0.6) is 5.75 Å². The van der Waals surface area contributed by atoms with Crippen LogP contribution in [-0.4, -0.2) is 41.8 Å². The van der Waals surface area contributed by atoms with Crippen LogP contribution in [0, 0.1) is 17.8 Å². The second-order valence-electron chi connectivity index (χ2n) is 7.80. The number of ether oxygens (including phenoxy) is 1. The molecule has 1 N–H and O–H groups in total. The van der Waals surface area contributed by atoms with Crippen molar-refractivity contribution >= 4 is 17.7 Å². The third kappa shape index (κ3) is 4.43. The number of hydrogen-bond acceptors (Lipinski definition) is 4. The van der Waals surface area contributed by atoms with Gasteiger partial charge in [0.15, 0.2) is 0 Å². The number of nitrogens with zero attached hydrogens (tertiary/aromatic N) is 1. The number of imide groups is 1. The van der Waals surface area contributed by atoms with Gasteiger partial charge in [-0.1, -0.05) is 44.2 Å². The molecule has 1 heterocycles. The van der Waals surface area contributed by atoms with E-state index in [0.717, 1.165) is 5.75 Å². The predicted molar refractivity (Wildman–Crippen MR) is 105 cm³/mol. The molecule has 3 rings (SSSR count). The summed E-state index contributed by atoms with van der Waals surface area (Å²) in [4.78, 5) is 39.8. The zero-order chi connectivity index (χ0) is 20.1. The maximum absolute atomic E-state index is 12.9. The van der Waals surface area contributed by atoms with Gasteiger partial charge in [-0.25, -0.2) is 0 Å². The van der Waals surface area contributed by atoms with E-state index in [1.54, 1.807) is 0 Å². The smallest absolute Gasteiger partial charge is 0.243 e. The van der Waals surface area contributed by atoms with E-state index in [1.807, 2.05) is 56.3 Å². The van der Waals surface area contributed by atoms with Crippen LogP contribution in [-0.2, 0) is 14.4 Å². The summed E-state index contributed by atoms with van der Waals surface area (Å²) in [5.74, 6) is -0.433. The first-order valence-corrected chi connectivity index (χ1v) is 9.96. The van der Waals surface area contributed by atoms with Crippen molar-refractivity contribution in [3.05, 3.63) is 42.5 Å². The molecule has 1 aliphatic heterocycles. The summed E-state index contributed by atoms with van der Waals surface area (Å²) in [5.41, 5.74) is 0. The fraction of sp³-hybridized carbons (Fsp3) is 0.500. The number of rotatable bonds is 8. The van der Waals surface area contributed by atoms with Crippen molar-refractivity contribution in [3.63, 3.8) is 0 Å². The molecule has 6 heteroatoms. The maximum Gasteiger partial charge on any atom is 0.243 e. The van der Waals surface area contributed by atoms with Gasteiger partial charge in [-0.05, 0) is 37.3 Å². The van der Waals surface area contributed by atoms with Crippen molar-refractivity contribution in [2.24, 2.45) is 17.8 Å². The van der Waals surface area contributed by atoms with E-state index in [0.29, 0.717) is 32.4 Å². The number of carbonyl (C=O) groups is 3. The third-order valence-corrected chi connectivity index (χ3v) is 5.26. The fourth-order valence-corrected chi connectivity index (χ4v) is 3.89. The minimum atomic E-state index is -0.762. The van der Waals surface area contributed by atoms with Crippen molar-refractivity contribution in [3.8, 4) is 5.75 Å². The maximum atomic E-state index is 12.9. The minimum Gasteiger partial charge on any atom is -0.492 e. The molecule has 6 nitrogen and oxygen atoms in total. The highest BCUT2D eigenvalue weighted by atomic mass is 16.5. The molecule has 28 heavy (non-hydrogen) atoms. The highest BCUT2D eigenvalue weighted by Crippen LogP contribution is 2.37. The lowest BCUT2D eigenvalue weighted by Crippen LogP contribution is -2.51. The largest absolute Gasteiger partial charge is 0.492 e. The molecular weight excluding hydrogens is 356 g/mol. The van der Waals surface area contributed by atoms with Crippen molar-refractivity contribution < 1.29 is 19.1 Å². The number of carbonyl (C=O) groups excluding carboxylic acids is 3. The normalized spacial score (nSPS) is 22.3. The van der Waals surface area contributed by atoms with Gasteiger partial charge in [0.1, 0.15) is 18.4 Å². The van der Waals surface area contributed by atoms with E-state index in [1.165, 1.54) is 4.90 Å². The summed E-state index contributed by atoms with van der Waals surface area (Å²) in [6, 6.07) is 8.60. The van der Waals surface area contributed by atoms with E-state index in [2.05, 4.69) is 5.32 Å². The second kappa shape index (κ2) is 9.04. The van der Waals surface area contributed by atoms with Gasteiger partial charge < -0.3 is 10.1 Å². The number of hydrogen-bond donors (Lipinski definition) is 1. The van der Waals surface area contributed by atoms with E-state index in [-0.39, 0.29) is 35.5 Å². The van der Waals surface area contributed by atoms with E-state index < -0.39 is 6.04 Å². The fourth-order valence-electron chi connectivity index (χ4n) is 3.89. The second-order valence-corrected chi connectivity index (χ2v) is 7.80. The van der Waals surface area contributed by atoms with Crippen LogP contribution in [0.2, 0.25) is 0 Å². The van der Waals surface area contributed by atoms with Gasteiger partial charge in [0, 0.05) is 0 Å².